The normalized spacial score (nSPS) is 0.667. The van der Waals surface area contributed by atoms with Gasteiger partial charge in [0.2, 0.25) is 0 Å². The Morgan fingerprint density at radius 3 is 0.667 bits per heavy atom. The molecule has 0 heterocycles. The van der Waals surface area contributed by atoms with Gasteiger partial charge in [-0.25, -0.2) is 0 Å². The van der Waals surface area contributed by atoms with E-state index in [-0.39, 0.29) is 115 Å². The average molecular weight is 142 g/mol. The van der Waals surface area contributed by atoms with Crippen molar-refractivity contribution in [1.82, 2.24) is 12.3 Å². The third-order valence-electron chi connectivity index (χ3n) is 0. The fourth-order valence-corrected chi connectivity index (χ4v) is 0. The zero-order valence-corrected chi connectivity index (χ0v) is 2.83. The molecule has 0 bridgehead atoms. The zero-order chi connectivity index (χ0) is 2.00. The molecule has 0 aliphatic rings. The van der Waals surface area contributed by atoms with Crippen LogP contribution in [0.1, 0.15) is 0 Å². The van der Waals surface area contributed by atoms with E-state index in [9.17, 15) is 0 Å². The maximum atomic E-state index is 3.00. The van der Waals surface area contributed by atoms with Crippen molar-refractivity contribution < 1.29 is 0 Å². The van der Waals surface area contributed by atoms with Gasteiger partial charge in [0.25, 0.3) is 0 Å². The first-order valence-corrected chi connectivity index (χ1v) is 0.500. The predicted molar refractivity (Wildman–Crippen MR) is 35.6 cm³/mol. The topological polar surface area (TPSA) is 70.0 Å². The maximum absolute atomic E-state index is 3.00. The third kappa shape index (κ3) is 28.4. The Morgan fingerprint density at radius 2 is 0.667 bits per heavy atom. The molecule has 0 aromatic rings. The van der Waals surface area contributed by atoms with Crippen molar-refractivity contribution in [3.8, 4) is 0 Å². The molecule has 0 unspecified atom stereocenters. The van der Waals surface area contributed by atoms with E-state index in [1.165, 1.54) is 0 Å². The molecule has 0 fully saturated rings. The second kappa shape index (κ2) is 44.3. The Balaban J connectivity index is -0.000000000833. The van der Waals surface area contributed by atoms with Crippen LogP contribution in [0.15, 0.2) is 13.2 Å². The van der Waals surface area contributed by atoms with Gasteiger partial charge in [-0.3, -0.25) is 0 Å². The van der Waals surface area contributed by atoms with Gasteiger partial charge in [-0.15, -0.1) is 13.2 Å². The molecule has 0 rings (SSSR count). The Hall–Kier alpha value is 2.93. The molecule has 0 saturated heterocycles. The second-order valence-electron chi connectivity index (χ2n) is 0. The molecule has 0 aliphatic heterocycles. The van der Waals surface area contributed by atoms with Gasteiger partial charge in [0.15, 0.2) is 0 Å². The summed E-state index contributed by atoms with van der Waals surface area (Å²) in [4.78, 5) is 0. The van der Waals surface area contributed by atoms with E-state index < -0.39 is 0 Å². The monoisotopic (exact) mass is 142 g/mol. The first-order valence-electron chi connectivity index (χ1n) is 0.500. The van der Waals surface area contributed by atoms with Crippen molar-refractivity contribution in [2.45, 2.75) is 0 Å². The zero-order valence-electron chi connectivity index (χ0n) is 2.83. The van der Waals surface area contributed by atoms with Crippen LogP contribution >= 0.6 is 0 Å². The van der Waals surface area contributed by atoms with Gasteiger partial charge >= 0.3 is 103 Å². The summed E-state index contributed by atoms with van der Waals surface area (Å²) in [5.41, 5.74) is 0. The molecule has 0 aromatic heterocycles. The van der Waals surface area contributed by atoms with Crippen molar-refractivity contribution in [2.24, 2.45) is 0 Å². The van der Waals surface area contributed by atoms with Crippen LogP contribution in [-0.2, 0) is 0 Å². The average Bonchev–Trinajstić information content (AvgIpc) is 1.00. The van der Waals surface area contributed by atoms with Crippen LogP contribution in [0.2, 0.25) is 0 Å². The van der Waals surface area contributed by atoms with Crippen LogP contribution in [0.25, 0.3) is 0 Å². The van der Waals surface area contributed by atoms with Crippen molar-refractivity contribution in [2.75, 3.05) is 0 Å². The molecule has 2 nitrogen and oxygen atoms in total. The van der Waals surface area contributed by atoms with E-state index in [0.29, 0.717) is 0 Å². The van der Waals surface area contributed by atoms with Gasteiger partial charge in [-0.05, 0) is 0 Å². The van der Waals surface area contributed by atoms with E-state index in [2.05, 4.69) is 13.2 Å². The number of hydrogen-bond donors (Lipinski definition) is 2. The fourth-order valence-electron chi connectivity index (χ4n) is 0. The van der Waals surface area contributed by atoms with Gasteiger partial charge in [0, 0.05) is 0 Å². The van der Waals surface area contributed by atoms with Crippen LogP contribution in [0.5, 0.6) is 0 Å². The van der Waals surface area contributed by atoms with Crippen molar-refractivity contribution in [3.05, 3.63) is 13.2 Å². The summed E-state index contributed by atoms with van der Waals surface area (Å²) in [6.45, 7) is 6.00. The van der Waals surface area contributed by atoms with Gasteiger partial charge in [-0.1, -0.05) is 0 Å². The van der Waals surface area contributed by atoms with E-state index in [4.69, 9.17) is 0 Å². The first-order chi connectivity index (χ1) is 1.00. The standard InChI is InChI=1S/C2H4.2K.2H3N.2H/c1-2;;;;;;/h1-2H2;;;2*1H3;;. The van der Waals surface area contributed by atoms with Crippen LogP contribution < -0.4 is 12.3 Å². The summed E-state index contributed by atoms with van der Waals surface area (Å²) in [6, 6.07) is 0. The molecule has 0 spiro atoms. The summed E-state index contributed by atoms with van der Waals surface area (Å²) >= 11 is 0. The SMILES string of the molecule is C=C.N.N.[KH].[KH]. The van der Waals surface area contributed by atoms with Gasteiger partial charge in [0.1, 0.15) is 0 Å². The molecule has 0 aliphatic carbocycles. The van der Waals surface area contributed by atoms with E-state index in [0.717, 1.165) is 0 Å². The summed E-state index contributed by atoms with van der Waals surface area (Å²) in [6.07, 6.45) is 0. The molecule has 0 saturated carbocycles. The molecule has 4 heteroatoms. The Labute approximate surface area is 125 Å². The Kier molecular flexibility index (Phi) is 269. The molecule has 6 heavy (non-hydrogen) atoms. The molecule has 6 N–H and O–H groups in total. The fraction of sp³-hybridized carbons (Fsp3) is 0. The third-order valence-corrected chi connectivity index (χ3v) is 0. The van der Waals surface area contributed by atoms with E-state index >= 15 is 0 Å². The number of hydrogen-bond acceptors (Lipinski definition) is 2. The molecule has 0 amide bonds. The van der Waals surface area contributed by atoms with Crippen molar-refractivity contribution >= 4 is 103 Å². The Morgan fingerprint density at radius 1 is 0.667 bits per heavy atom. The molecular formula is C2H12K2N2. The molecule has 0 aromatic carbocycles. The summed E-state index contributed by atoms with van der Waals surface area (Å²) in [5, 5.41) is 0. The molecule has 0 radical (unpaired) electrons. The first kappa shape index (κ1) is 36.3. The predicted octanol–water partition coefficient (Wildman–Crippen LogP) is -0.171. The second-order valence-corrected chi connectivity index (χ2v) is 0. The van der Waals surface area contributed by atoms with Gasteiger partial charge < -0.3 is 12.3 Å². The van der Waals surface area contributed by atoms with E-state index in [1.807, 2.05) is 0 Å². The molecule has 32 valence electrons. The van der Waals surface area contributed by atoms with Gasteiger partial charge in [0.05, 0.1) is 0 Å². The van der Waals surface area contributed by atoms with Gasteiger partial charge in [-0.2, -0.15) is 0 Å². The molecule has 0 atom stereocenters. The molecular weight excluding hydrogens is 130 g/mol. The number of rotatable bonds is 0. The van der Waals surface area contributed by atoms with Crippen LogP contribution in [0.3, 0.4) is 0 Å². The summed E-state index contributed by atoms with van der Waals surface area (Å²) in [7, 11) is 0. The van der Waals surface area contributed by atoms with Crippen LogP contribution in [0.4, 0.5) is 0 Å². The summed E-state index contributed by atoms with van der Waals surface area (Å²) < 4.78 is 0. The quantitative estimate of drug-likeness (QED) is 0.364. The Bertz CT molecular complexity index is 9.51. The van der Waals surface area contributed by atoms with Crippen molar-refractivity contribution in [1.29, 1.82) is 0 Å². The van der Waals surface area contributed by atoms with Crippen LogP contribution in [0, 0.1) is 0 Å². The van der Waals surface area contributed by atoms with Crippen LogP contribution in [-0.4, -0.2) is 103 Å². The summed E-state index contributed by atoms with van der Waals surface area (Å²) in [5.74, 6) is 0. The minimum atomic E-state index is 0. The minimum absolute atomic E-state index is 0. The van der Waals surface area contributed by atoms with E-state index in [1.54, 1.807) is 0 Å². The van der Waals surface area contributed by atoms with Crippen molar-refractivity contribution in [3.63, 3.8) is 0 Å².